The zero-order valence-electron chi connectivity index (χ0n) is 13.1. The van der Waals surface area contributed by atoms with Gasteiger partial charge in [0.1, 0.15) is 11.5 Å². The van der Waals surface area contributed by atoms with Crippen LogP contribution in [0.3, 0.4) is 0 Å². The molecule has 0 radical (unpaired) electrons. The number of halogens is 1. The lowest BCUT2D eigenvalue weighted by atomic mass is 10.2. The highest BCUT2D eigenvalue weighted by Gasteiger charge is 2.10. The third kappa shape index (κ3) is 3.54. The van der Waals surface area contributed by atoms with Crippen molar-refractivity contribution in [2.45, 2.75) is 19.9 Å². The van der Waals surface area contributed by atoms with Crippen LogP contribution in [0.2, 0.25) is 5.28 Å². The van der Waals surface area contributed by atoms with Crippen LogP contribution in [0.25, 0.3) is 6.08 Å². The van der Waals surface area contributed by atoms with Gasteiger partial charge in [0.05, 0.1) is 6.20 Å². The Hall–Kier alpha value is -2.14. The van der Waals surface area contributed by atoms with Gasteiger partial charge >= 0.3 is 0 Å². The molecule has 0 aromatic carbocycles. The van der Waals surface area contributed by atoms with Crippen LogP contribution in [0.4, 0.5) is 5.82 Å². The van der Waals surface area contributed by atoms with E-state index in [-0.39, 0.29) is 5.78 Å². The zero-order chi connectivity index (χ0) is 16.3. The summed E-state index contributed by atoms with van der Waals surface area (Å²) in [5.74, 6) is 0.752. The average molecular weight is 319 g/mol. The van der Waals surface area contributed by atoms with Gasteiger partial charge in [-0.25, -0.2) is 9.97 Å². The topological polar surface area (TPSA) is 51.0 Å². The van der Waals surface area contributed by atoms with Gasteiger partial charge in [0.15, 0.2) is 0 Å². The van der Waals surface area contributed by atoms with Crippen LogP contribution in [0, 0.1) is 0 Å². The first-order valence-corrected chi connectivity index (χ1v) is 7.36. The van der Waals surface area contributed by atoms with Crippen LogP contribution in [0.1, 0.15) is 29.9 Å². The maximum absolute atomic E-state index is 12.1. The van der Waals surface area contributed by atoms with Gasteiger partial charge in [-0.15, -0.1) is 0 Å². The molecule has 2 heterocycles. The van der Waals surface area contributed by atoms with Gasteiger partial charge in [-0.2, -0.15) is 0 Å². The highest BCUT2D eigenvalue weighted by molar-refractivity contribution is 6.28. The molecule has 0 atom stereocenters. The minimum atomic E-state index is -0.148. The molecule has 0 unspecified atom stereocenters. The van der Waals surface area contributed by atoms with Gasteiger partial charge in [0.25, 0.3) is 0 Å². The fourth-order valence-electron chi connectivity index (χ4n) is 1.84. The van der Waals surface area contributed by atoms with E-state index in [1.165, 1.54) is 12.3 Å². The molecule has 0 bridgehead atoms. The van der Waals surface area contributed by atoms with Gasteiger partial charge in [0, 0.05) is 26.3 Å². The number of aromatic nitrogens is 3. The second kappa shape index (κ2) is 6.75. The molecule has 0 fully saturated rings. The number of carbonyl (C=O) groups excluding carboxylic acids is 1. The molecule has 0 aliphatic rings. The summed E-state index contributed by atoms with van der Waals surface area (Å²) in [6.07, 6.45) is 6.44. The molecule has 0 aliphatic heterocycles. The molecule has 0 spiro atoms. The number of hydrogen-bond acceptors (Lipinski definition) is 4. The predicted molar refractivity (Wildman–Crippen MR) is 89.4 cm³/mol. The number of ketones is 1. The number of anilines is 1. The van der Waals surface area contributed by atoms with Crippen LogP contribution in [0.15, 0.2) is 30.6 Å². The summed E-state index contributed by atoms with van der Waals surface area (Å²) in [7, 11) is 3.70. The molecule has 0 saturated carbocycles. The Morgan fingerprint density at radius 3 is 2.55 bits per heavy atom. The largest absolute Gasteiger partial charge is 0.357 e. The standard InChI is InChI=1S/C16H19ClN4O/c1-11(2)20(3)15-8-6-12(9-18-15)5-7-14(22)13-10-19-16(17)21(13)4/h5-11H,1-4H3/b7-5+. The molecule has 2 aromatic heterocycles. The van der Waals surface area contributed by atoms with Crippen molar-refractivity contribution >= 4 is 29.3 Å². The summed E-state index contributed by atoms with van der Waals surface area (Å²) in [6.45, 7) is 4.21. The summed E-state index contributed by atoms with van der Waals surface area (Å²) >= 11 is 5.82. The van der Waals surface area contributed by atoms with E-state index in [2.05, 4.69) is 28.7 Å². The summed E-state index contributed by atoms with van der Waals surface area (Å²) in [5, 5.41) is 0.291. The first-order chi connectivity index (χ1) is 10.4. The van der Waals surface area contributed by atoms with Crippen LogP contribution in [-0.4, -0.2) is 33.4 Å². The Morgan fingerprint density at radius 1 is 1.32 bits per heavy atom. The van der Waals surface area contributed by atoms with Crippen molar-refractivity contribution < 1.29 is 4.79 Å². The average Bonchev–Trinajstić information content (AvgIpc) is 2.84. The Morgan fingerprint density at radius 2 is 2.05 bits per heavy atom. The van der Waals surface area contributed by atoms with Gasteiger partial charge < -0.3 is 9.47 Å². The van der Waals surface area contributed by atoms with Crippen molar-refractivity contribution in [1.82, 2.24) is 14.5 Å². The minimum Gasteiger partial charge on any atom is -0.357 e. The molecule has 6 heteroatoms. The third-order valence-electron chi connectivity index (χ3n) is 3.52. The van der Waals surface area contributed by atoms with Crippen molar-refractivity contribution in [1.29, 1.82) is 0 Å². The summed E-state index contributed by atoms with van der Waals surface area (Å²) in [5.41, 5.74) is 1.31. The molecule has 2 rings (SSSR count). The maximum Gasteiger partial charge on any atom is 0.203 e. The lowest BCUT2D eigenvalue weighted by molar-refractivity contribution is 0.104. The summed E-state index contributed by atoms with van der Waals surface area (Å²) < 4.78 is 1.55. The van der Waals surface area contributed by atoms with E-state index in [4.69, 9.17) is 11.6 Å². The summed E-state index contributed by atoms with van der Waals surface area (Å²) in [4.78, 5) is 22.5. The predicted octanol–water partition coefficient (Wildman–Crippen LogP) is 3.21. The maximum atomic E-state index is 12.1. The number of rotatable bonds is 5. The zero-order valence-corrected chi connectivity index (χ0v) is 13.9. The van der Waals surface area contributed by atoms with E-state index >= 15 is 0 Å². The summed E-state index contributed by atoms with van der Waals surface area (Å²) in [6, 6.07) is 4.25. The molecular formula is C16H19ClN4O. The van der Waals surface area contributed by atoms with E-state index < -0.39 is 0 Å². The molecule has 116 valence electrons. The Balaban J connectivity index is 2.10. The number of hydrogen-bond donors (Lipinski definition) is 0. The van der Waals surface area contributed by atoms with Crippen LogP contribution in [-0.2, 0) is 7.05 Å². The van der Waals surface area contributed by atoms with Crippen molar-refractivity contribution in [3.8, 4) is 0 Å². The minimum absolute atomic E-state index is 0.148. The highest BCUT2D eigenvalue weighted by atomic mass is 35.5. The normalized spacial score (nSPS) is 11.4. The molecule has 0 aliphatic carbocycles. The third-order valence-corrected chi connectivity index (χ3v) is 3.87. The molecule has 0 amide bonds. The molecular weight excluding hydrogens is 300 g/mol. The lowest BCUT2D eigenvalue weighted by Gasteiger charge is -2.22. The van der Waals surface area contributed by atoms with Crippen LogP contribution < -0.4 is 4.90 Å². The smallest absolute Gasteiger partial charge is 0.203 e. The van der Waals surface area contributed by atoms with E-state index in [9.17, 15) is 4.79 Å². The van der Waals surface area contributed by atoms with E-state index in [1.807, 2.05) is 19.2 Å². The van der Waals surface area contributed by atoms with Crippen molar-refractivity contribution in [2.75, 3.05) is 11.9 Å². The molecule has 22 heavy (non-hydrogen) atoms. The number of carbonyl (C=O) groups is 1. The number of imidazole rings is 1. The van der Waals surface area contributed by atoms with Gasteiger partial charge in [-0.1, -0.05) is 0 Å². The monoisotopic (exact) mass is 318 g/mol. The quantitative estimate of drug-likeness (QED) is 0.627. The van der Waals surface area contributed by atoms with Gasteiger partial charge in [-0.3, -0.25) is 4.79 Å². The Kier molecular flexibility index (Phi) is 4.98. The van der Waals surface area contributed by atoms with Gasteiger partial charge in [0.2, 0.25) is 11.1 Å². The lowest BCUT2D eigenvalue weighted by Crippen LogP contribution is -2.26. The van der Waals surface area contributed by atoms with Crippen molar-refractivity contribution in [2.24, 2.45) is 7.05 Å². The van der Waals surface area contributed by atoms with Gasteiger partial charge in [-0.05, 0) is 55.3 Å². The van der Waals surface area contributed by atoms with Crippen LogP contribution >= 0.6 is 11.6 Å². The first kappa shape index (κ1) is 16.2. The fraction of sp³-hybridized carbons (Fsp3) is 0.312. The van der Waals surface area contributed by atoms with Crippen molar-refractivity contribution in [3.63, 3.8) is 0 Å². The molecule has 0 N–H and O–H groups in total. The van der Waals surface area contributed by atoms with Crippen LogP contribution in [0.5, 0.6) is 0 Å². The SMILES string of the molecule is CC(C)N(C)c1ccc(/C=C/C(=O)c2cnc(Cl)n2C)cn1. The fourth-order valence-corrected chi connectivity index (χ4v) is 1.98. The van der Waals surface area contributed by atoms with E-state index in [1.54, 1.807) is 23.9 Å². The number of allylic oxidation sites excluding steroid dienone is 1. The first-order valence-electron chi connectivity index (χ1n) is 6.98. The Labute approximate surface area is 135 Å². The molecule has 2 aromatic rings. The van der Waals surface area contributed by atoms with E-state index in [0.717, 1.165) is 11.4 Å². The number of nitrogens with zero attached hydrogens (tertiary/aromatic N) is 4. The second-order valence-corrected chi connectivity index (χ2v) is 5.66. The Bertz CT molecular complexity index is 689. The van der Waals surface area contributed by atoms with Crippen molar-refractivity contribution in [3.05, 3.63) is 47.1 Å². The molecule has 0 saturated heterocycles. The second-order valence-electron chi connectivity index (χ2n) is 5.32. The van der Waals surface area contributed by atoms with E-state index in [0.29, 0.717) is 17.0 Å². The highest BCUT2D eigenvalue weighted by Crippen LogP contribution is 2.14. The number of pyridine rings is 1. The molecule has 5 nitrogen and oxygen atoms in total.